The minimum Gasteiger partial charge on any atom is -0.744 e. The van der Waals surface area contributed by atoms with E-state index in [1.807, 2.05) is 0 Å². The van der Waals surface area contributed by atoms with Crippen molar-refractivity contribution in [1.82, 2.24) is 15.0 Å². The van der Waals surface area contributed by atoms with Gasteiger partial charge in [0.1, 0.15) is 15.8 Å². The molecule has 0 amide bonds. The average Bonchev–Trinajstić information content (AvgIpc) is 3.13. The molecule has 4 aromatic rings. The van der Waals surface area contributed by atoms with Crippen LogP contribution in [0.25, 0.3) is 5.43 Å². The van der Waals surface area contributed by atoms with Gasteiger partial charge in [0.05, 0.1) is 40.7 Å². The minimum atomic E-state index is -5.28. The van der Waals surface area contributed by atoms with Crippen LogP contribution in [0.3, 0.4) is 0 Å². The number of phenols is 1. The topological polar surface area (TPSA) is 362 Å². The van der Waals surface area contributed by atoms with Crippen molar-refractivity contribution >= 4 is 83.2 Å². The maximum absolute atomic E-state index is 14.5. The summed E-state index contributed by atoms with van der Waals surface area (Å²) in [5.74, 6) is -5.33. The maximum Gasteiger partial charge on any atom is 1.00 e. The molecule has 24 nitrogen and oxygen atoms in total. The molecule has 4 rings (SSSR count). The molecule has 0 aliphatic rings. The molecule has 0 fully saturated rings. The Morgan fingerprint density at radius 3 is 2.26 bits per heavy atom. The number of halogens is 1. The van der Waals surface area contributed by atoms with Crippen molar-refractivity contribution in [2.45, 2.75) is 9.79 Å². The molecule has 0 saturated carbocycles. The number of rotatable bonds is 19. The summed E-state index contributed by atoms with van der Waals surface area (Å²) in [6.07, 6.45) is -1.44. The number of benzene rings is 3. The summed E-state index contributed by atoms with van der Waals surface area (Å²) in [7, 11) is -13.2. The van der Waals surface area contributed by atoms with Gasteiger partial charge in [-0.3, -0.25) is 9.22 Å². The molecular formula is C28H24CuFN9Na3O15S4. The van der Waals surface area contributed by atoms with Crippen LogP contribution in [-0.4, -0.2) is 103 Å². The van der Waals surface area contributed by atoms with Gasteiger partial charge in [-0.25, -0.2) is 30.0 Å². The van der Waals surface area contributed by atoms with Gasteiger partial charge in [0.25, 0.3) is 0 Å². The Labute approximate surface area is 427 Å². The summed E-state index contributed by atoms with van der Waals surface area (Å²) in [5.41, 5.74) is 2.28. The van der Waals surface area contributed by atoms with Crippen molar-refractivity contribution in [3.63, 3.8) is 0 Å². The third kappa shape index (κ3) is 19.3. The number of anilines is 3. The second-order valence-electron chi connectivity index (χ2n) is 10.7. The van der Waals surface area contributed by atoms with Gasteiger partial charge in [0.2, 0.25) is 22.3 Å². The fourth-order valence-electron chi connectivity index (χ4n) is 4.14. The molecule has 0 spiro atoms. The molecule has 316 valence electrons. The standard InChI is InChI=1S/C28H28FN9O15S4.Cu.3Na/c1-38(9-11-55(43,44)12-10-51-57(48,49)50)28-32-26(29)31-27(33-28)30-21-14-18(56(45,46)47)15-22(23(21)39)35-37-24(16-5-3-2-4-6-16)36-34-20-8-7-17(54-53-52-42)13-19(20)25(40)41;;;;/h2-8,13-15H,9-12H2,1H3,(H7,30,31,32,33,34,35,36,37,39,40,41,42,45,46,47,48,49,50);;;;/q;4*+1/p-4. The second-order valence-corrected chi connectivity index (χ2v) is 16.3. The third-order valence-electron chi connectivity index (χ3n) is 6.79. The zero-order chi connectivity index (χ0) is 42.0. The molecule has 0 aliphatic heterocycles. The number of amidine groups is 1. The minimum absolute atomic E-state index is 0. The second kappa shape index (κ2) is 26.7. The van der Waals surface area contributed by atoms with Gasteiger partial charge in [0.15, 0.2) is 21.4 Å². The zero-order valence-corrected chi connectivity index (χ0v) is 41.9. The Morgan fingerprint density at radius 2 is 1.66 bits per heavy atom. The van der Waals surface area contributed by atoms with Crippen LogP contribution in [0.15, 0.2) is 85.8 Å². The van der Waals surface area contributed by atoms with E-state index in [2.05, 4.69) is 54.6 Å². The Morgan fingerprint density at radius 1 is 0.984 bits per heavy atom. The van der Waals surface area contributed by atoms with Crippen LogP contribution >= 0.6 is 12.0 Å². The van der Waals surface area contributed by atoms with Gasteiger partial charge in [-0.15, -0.1) is 15.9 Å². The van der Waals surface area contributed by atoms with E-state index < -0.39 is 101 Å². The van der Waals surface area contributed by atoms with E-state index >= 15 is 0 Å². The van der Waals surface area contributed by atoms with Crippen molar-refractivity contribution in [3.05, 3.63) is 83.3 Å². The number of nitrogens with one attached hydrogen (secondary N) is 1. The number of aromatic nitrogens is 3. The molecule has 3 N–H and O–H groups in total. The number of carbonyl (C=O) groups is 1. The smallest absolute Gasteiger partial charge is 0.744 e. The summed E-state index contributed by atoms with van der Waals surface area (Å²) < 4.78 is 115. The predicted octanol–water partition coefficient (Wildman–Crippen LogP) is -7.22. The van der Waals surface area contributed by atoms with E-state index in [0.29, 0.717) is 24.2 Å². The fourth-order valence-corrected chi connectivity index (χ4v) is 6.54. The van der Waals surface area contributed by atoms with Crippen LogP contribution in [-0.2, 0) is 61.0 Å². The maximum atomic E-state index is 14.5. The van der Waals surface area contributed by atoms with E-state index in [1.54, 1.807) is 18.2 Å². The van der Waals surface area contributed by atoms with Crippen LogP contribution in [0.4, 0.5) is 33.3 Å². The van der Waals surface area contributed by atoms with Gasteiger partial charge in [0, 0.05) is 29.6 Å². The number of aromatic carboxylic acids is 1. The number of phenolic OH excluding ortho intramolecular Hbond substituents is 1. The molecule has 0 unspecified atom stereocenters. The fraction of sp³-hybridized carbons (Fsp3) is 0.179. The van der Waals surface area contributed by atoms with Crippen molar-refractivity contribution in [2.75, 3.05) is 41.9 Å². The van der Waals surface area contributed by atoms with Crippen molar-refractivity contribution in [3.8, 4) is 5.75 Å². The Balaban J connectivity index is 0.00000900. The molecule has 33 heteroatoms. The summed E-state index contributed by atoms with van der Waals surface area (Å²) in [6, 6.07) is 12.7. The first-order valence-corrected chi connectivity index (χ1v) is 20.3. The van der Waals surface area contributed by atoms with E-state index in [0.717, 1.165) is 11.0 Å². The predicted molar refractivity (Wildman–Crippen MR) is 189 cm³/mol. The van der Waals surface area contributed by atoms with Gasteiger partial charge in [-0.2, -0.15) is 23.7 Å². The Kier molecular flexibility index (Phi) is 25.9. The van der Waals surface area contributed by atoms with Gasteiger partial charge >= 0.3 is 118 Å². The number of sulfone groups is 1. The van der Waals surface area contributed by atoms with E-state index in [1.165, 1.54) is 31.3 Å². The normalized spacial score (nSPS) is 11.7. The Bertz CT molecular complexity index is 2520. The molecule has 0 saturated heterocycles. The van der Waals surface area contributed by atoms with Crippen LogP contribution in [0, 0.1) is 6.08 Å². The van der Waals surface area contributed by atoms with E-state index in [9.17, 15) is 59.0 Å². The zero-order valence-electron chi connectivity index (χ0n) is 31.7. The molecule has 3 aromatic carbocycles. The van der Waals surface area contributed by atoms with Crippen molar-refractivity contribution in [1.29, 1.82) is 0 Å². The van der Waals surface area contributed by atoms with E-state index in [4.69, 9.17) is 0 Å². The third-order valence-corrected chi connectivity index (χ3v) is 10.2. The number of hydrogen-bond acceptors (Lipinski definition) is 22. The van der Waals surface area contributed by atoms with Gasteiger partial charge < -0.3 is 45.3 Å². The molecular weight excluding hydrogens is 982 g/mol. The first-order valence-electron chi connectivity index (χ1n) is 15.0. The van der Waals surface area contributed by atoms with Crippen LogP contribution < -0.4 is 104 Å². The number of carboxylic acids is 1. The molecule has 0 atom stereocenters. The number of carboxylic acid groups (broad SMARTS) is 1. The number of hydrogen-bond donors (Lipinski definition) is 3. The number of azo groups is 1. The van der Waals surface area contributed by atoms with Crippen molar-refractivity contribution < 1.29 is 178 Å². The van der Waals surface area contributed by atoms with Crippen LogP contribution in [0.2, 0.25) is 0 Å². The molecule has 1 heterocycles. The summed E-state index contributed by atoms with van der Waals surface area (Å²) in [4.78, 5) is 22.9. The molecule has 0 radical (unpaired) electrons. The Hall–Kier alpha value is -1.98. The van der Waals surface area contributed by atoms with Gasteiger partial charge in [-0.1, -0.05) is 36.4 Å². The molecule has 1 aromatic heterocycles. The summed E-state index contributed by atoms with van der Waals surface area (Å²) >= 11 is 0.421. The SMILES string of the molecule is CN(CCS(=O)(=O)CCOS(=O)(=O)[O-])c1nc(F)nc(Nc2cc(S(=O)(=O)[O-])cc(N=N/C(=N\[N-]c3ccc(SOO[O-])cc3C(=O)O)c3ccccc3)c2O)n1.[Cu+].[Na+].[Na+].[Na+]. The first kappa shape index (κ1) is 59.0. The summed E-state index contributed by atoms with van der Waals surface area (Å²) in [6.45, 7) is -1.34. The summed E-state index contributed by atoms with van der Waals surface area (Å²) in [5, 5.41) is 48.2. The number of nitrogens with zero attached hydrogens (tertiary/aromatic N) is 8. The molecule has 61 heavy (non-hydrogen) atoms. The average molecular weight is 1010 g/mol. The molecule has 0 bridgehead atoms. The van der Waals surface area contributed by atoms with Crippen molar-refractivity contribution in [2.24, 2.45) is 15.3 Å². The quantitative estimate of drug-likeness (QED) is 0.00750. The van der Waals surface area contributed by atoms with Gasteiger partial charge in [-0.05, 0) is 24.3 Å². The van der Waals surface area contributed by atoms with Crippen LogP contribution in [0.5, 0.6) is 5.75 Å². The molecule has 0 aliphatic carbocycles. The van der Waals surface area contributed by atoms with E-state index in [-0.39, 0.29) is 133 Å². The first-order chi connectivity index (χ1) is 26.7. The van der Waals surface area contributed by atoms with Crippen LogP contribution in [0.1, 0.15) is 15.9 Å². The largest absolute Gasteiger partial charge is 1.00 e. The monoisotopic (exact) mass is 1000 g/mol. The number of aromatic hydroxyl groups is 1.